The fraction of sp³-hybridized carbons (Fsp3) is 0.455. The first-order chi connectivity index (χ1) is 8.69. The Bertz CT molecular complexity index is 498. The summed E-state index contributed by atoms with van der Waals surface area (Å²) >= 11 is 0. The quantitative estimate of drug-likeness (QED) is 0.833. The summed E-state index contributed by atoms with van der Waals surface area (Å²) in [6.45, 7) is 6.34. The van der Waals surface area contributed by atoms with Gasteiger partial charge in [-0.15, -0.1) is 0 Å². The molecule has 2 aromatic rings. The lowest BCUT2D eigenvalue weighted by Gasteiger charge is -2.12. The maximum atomic E-state index is 5.37. The van der Waals surface area contributed by atoms with E-state index in [2.05, 4.69) is 30.5 Å². The Morgan fingerprint density at radius 2 is 2.28 bits per heavy atom. The molecule has 18 heavy (non-hydrogen) atoms. The van der Waals surface area contributed by atoms with Gasteiger partial charge in [-0.25, -0.2) is 9.97 Å². The Morgan fingerprint density at radius 1 is 1.44 bits per heavy atom. The van der Waals surface area contributed by atoms with Crippen LogP contribution in [-0.4, -0.2) is 31.8 Å². The van der Waals surface area contributed by atoms with Crippen molar-refractivity contribution in [3.8, 4) is 5.88 Å². The highest BCUT2D eigenvalue weighted by atomic mass is 16.5. The first-order valence-electron chi connectivity index (χ1n) is 5.79. The van der Waals surface area contributed by atoms with Crippen molar-refractivity contribution in [3.05, 3.63) is 23.9 Å². The number of hydrogen-bond donors (Lipinski definition) is 2. The third-order valence-electron chi connectivity index (χ3n) is 2.31. The van der Waals surface area contributed by atoms with Gasteiger partial charge in [0.2, 0.25) is 11.8 Å². The van der Waals surface area contributed by atoms with Crippen molar-refractivity contribution in [2.75, 3.05) is 11.9 Å². The van der Waals surface area contributed by atoms with Crippen LogP contribution in [0, 0.1) is 6.92 Å². The molecule has 1 unspecified atom stereocenters. The molecule has 0 saturated carbocycles. The highest BCUT2D eigenvalue weighted by Crippen LogP contribution is 2.16. The number of nitrogens with zero attached hydrogens (tertiary/aromatic N) is 4. The first-order valence-corrected chi connectivity index (χ1v) is 5.79. The van der Waals surface area contributed by atoms with Crippen LogP contribution in [0.2, 0.25) is 0 Å². The first kappa shape index (κ1) is 12.3. The van der Waals surface area contributed by atoms with Gasteiger partial charge in [0, 0.05) is 11.8 Å². The van der Waals surface area contributed by atoms with Crippen LogP contribution in [0.25, 0.3) is 0 Å². The lowest BCUT2D eigenvalue weighted by atomic mass is 10.3. The second-order valence-electron chi connectivity index (χ2n) is 3.84. The topological polar surface area (TPSA) is 88.6 Å². The smallest absolute Gasteiger partial charge is 0.226 e. The van der Waals surface area contributed by atoms with Crippen molar-refractivity contribution < 1.29 is 4.74 Å². The van der Waals surface area contributed by atoms with E-state index in [1.54, 1.807) is 6.07 Å². The molecule has 96 valence electrons. The molecule has 2 N–H and O–H groups in total. The number of aromatic amines is 1. The van der Waals surface area contributed by atoms with E-state index >= 15 is 0 Å². The fourth-order valence-corrected chi connectivity index (χ4v) is 1.51. The molecule has 1 atom stereocenters. The minimum Gasteiger partial charge on any atom is -0.478 e. The van der Waals surface area contributed by atoms with Crippen LogP contribution in [0.15, 0.2) is 12.4 Å². The van der Waals surface area contributed by atoms with Crippen molar-refractivity contribution in [2.45, 2.75) is 26.8 Å². The van der Waals surface area contributed by atoms with Crippen LogP contribution < -0.4 is 10.1 Å². The monoisotopic (exact) mass is 248 g/mol. The normalized spacial score (nSPS) is 12.2. The summed E-state index contributed by atoms with van der Waals surface area (Å²) in [5.41, 5.74) is 0.848. The molecule has 0 aliphatic heterocycles. The van der Waals surface area contributed by atoms with E-state index < -0.39 is 0 Å². The van der Waals surface area contributed by atoms with Crippen LogP contribution in [-0.2, 0) is 0 Å². The molecule has 0 aromatic carbocycles. The Balaban J connectivity index is 2.13. The van der Waals surface area contributed by atoms with Crippen molar-refractivity contribution >= 4 is 5.95 Å². The van der Waals surface area contributed by atoms with Gasteiger partial charge < -0.3 is 10.1 Å². The summed E-state index contributed by atoms with van der Waals surface area (Å²) in [7, 11) is 0. The van der Waals surface area contributed by atoms with E-state index in [1.807, 2.05) is 20.8 Å². The number of aromatic nitrogens is 5. The Hall–Kier alpha value is -2.18. The molecule has 0 radical (unpaired) electrons. The lowest BCUT2D eigenvalue weighted by Crippen LogP contribution is -2.12. The van der Waals surface area contributed by atoms with Gasteiger partial charge in [0.1, 0.15) is 12.2 Å². The molecule has 0 aliphatic carbocycles. The summed E-state index contributed by atoms with van der Waals surface area (Å²) in [6, 6.07) is 1.75. The lowest BCUT2D eigenvalue weighted by molar-refractivity contribution is 0.326. The van der Waals surface area contributed by atoms with Crippen molar-refractivity contribution in [3.63, 3.8) is 0 Å². The molecule has 2 rings (SSSR count). The molecule has 2 aromatic heterocycles. The van der Waals surface area contributed by atoms with E-state index in [0.717, 1.165) is 11.5 Å². The molecule has 0 saturated heterocycles. The molecule has 0 fully saturated rings. The van der Waals surface area contributed by atoms with Crippen LogP contribution in [0.5, 0.6) is 5.88 Å². The maximum Gasteiger partial charge on any atom is 0.226 e. The molecule has 2 heterocycles. The van der Waals surface area contributed by atoms with E-state index in [1.165, 1.54) is 6.33 Å². The van der Waals surface area contributed by atoms with Gasteiger partial charge in [-0.3, -0.25) is 5.10 Å². The molecule has 7 heteroatoms. The minimum atomic E-state index is -0.0521. The predicted molar refractivity (Wildman–Crippen MR) is 66.4 cm³/mol. The van der Waals surface area contributed by atoms with E-state index in [-0.39, 0.29) is 6.04 Å². The van der Waals surface area contributed by atoms with Crippen molar-refractivity contribution in [1.82, 2.24) is 25.1 Å². The predicted octanol–water partition coefficient (Wildman–Crippen LogP) is 1.47. The fourth-order valence-electron chi connectivity index (χ4n) is 1.51. The number of hydrogen-bond acceptors (Lipinski definition) is 6. The third kappa shape index (κ3) is 2.93. The highest BCUT2D eigenvalue weighted by Gasteiger charge is 2.10. The zero-order valence-electron chi connectivity index (χ0n) is 10.6. The zero-order valence-corrected chi connectivity index (χ0v) is 10.6. The molecular weight excluding hydrogens is 232 g/mol. The number of ether oxygens (including phenoxy) is 1. The highest BCUT2D eigenvalue weighted by molar-refractivity contribution is 5.32. The molecule has 0 amide bonds. The van der Waals surface area contributed by atoms with Crippen LogP contribution in [0.4, 0.5) is 5.95 Å². The zero-order chi connectivity index (χ0) is 13.0. The van der Waals surface area contributed by atoms with E-state index in [9.17, 15) is 0 Å². The van der Waals surface area contributed by atoms with Gasteiger partial charge in [-0.1, -0.05) is 0 Å². The number of H-pyrrole nitrogens is 1. The SMILES string of the molecule is CCOc1cc(C)nc(NC(C)c2ncn[nH]2)n1. The van der Waals surface area contributed by atoms with Gasteiger partial charge >= 0.3 is 0 Å². The average Bonchev–Trinajstić information content (AvgIpc) is 2.81. The van der Waals surface area contributed by atoms with Crippen LogP contribution >= 0.6 is 0 Å². The molecule has 0 spiro atoms. The second-order valence-corrected chi connectivity index (χ2v) is 3.84. The van der Waals surface area contributed by atoms with Gasteiger partial charge in [-0.05, 0) is 20.8 Å². The van der Waals surface area contributed by atoms with Crippen LogP contribution in [0.3, 0.4) is 0 Å². The van der Waals surface area contributed by atoms with Gasteiger partial charge in [0.15, 0.2) is 0 Å². The summed E-state index contributed by atoms with van der Waals surface area (Å²) < 4.78 is 5.37. The largest absolute Gasteiger partial charge is 0.478 e. The number of aryl methyl sites for hydroxylation is 1. The molecule has 7 nitrogen and oxygen atoms in total. The van der Waals surface area contributed by atoms with Crippen molar-refractivity contribution in [1.29, 1.82) is 0 Å². The standard InChI is InChI=1S/C11H16N6O/c1-4-18-9-5-7(2)14-11(16-9)15-8(3)10-12-6-13-17-10/h5-6,8H,4H2,1-3H3,(H,12,13,17)(H,14,15,16). The van der Waals surface area contributed by atoms with Gasteiger partial charge in [0.05, 0.1) is 12.6 Å². The second kappa shape index (κ2) is 5.44. The Kier molecular flexibility index (Phi) is 3.71. The summed E-state index contributed by atoms with van der Waals surface area (Å²) in [4.78, 5) is 12.6. The van der Waals surface area contributed by atoms with Crippen LogP contribution in [0.1, 0.15) is 31.4 Å². The summed E-state index contributed by atoms with van der Waals surface area (Å²) in [6.07, 6.45) is 1.47. The Labute approximate surface area is 105 Å². The minimum absolute atomic E-state index is 0.0521. The van der Waals surface area contributed by atoms with E-state index in [4.69, 9.17) is 4.74 Å². The third-order valence-corrected chi connectivity index (χ3v) is 2.31. The van der Waals surface area contributed by atoms with E-state index in [0.29, 0.717) is 18.4 Å². The summed E-state index contributed by atoms with van der Waals surface area (Å²) in [5.74, 6) is 1.82. The maximum absolute atomic E-state index is 5.37. The summed E-state index contributed by atoms with van der Waals surface area (Å²) in [5, 5.41) is 9.76. The van der Waals surface area contributed by atoms with Gasteiger partial charge in [0.25, 0.3) is 0 Å². The molecular formula is C11H16N6O. The van der Waals surface area contributed by atoms with Crippen molar-refractivity contribution in [2.24, 2.45) is 0 Å². The number of anilines is 1. The number of nitrogens with one attached hydrogen (secondary N) is 2. The number of rotatable bonds is 5. The molecule has 0 bridgehead atoms. The molecule has 0 aliphatic rings. The Morgan fingerprint density at radius 3 is 2.94 bits per heavy atom. The average molecular weight is 248 g/mol. The van der Waals surface area contributed by atoms with Gasteiger partial charge in [-0.2, -0.15) is 10.1 Å².